The Morgan fingerprint density at radius 1 is 1.31 bits per heavy atom. The van der Waals surface area contributed by atoms with Gasteiger partial charge in [0.15, 0.2) is 11.5 Å². The third kappa shape index (κ3) is 2.82. The van der Waals surface area contributed by atoms with Crippen molar-refractivity contribution in [3.63, 3.8) is 0 Å². The molecule has 86 valence electrons. The minimum atomic E-state index is -0.360. The van der Waals surface area contributed by atoms with E-state index >= 15 is 0 Å². The zero-order valence-electron chi connectivity index (χ0n) is 9.52. The highest BCUT2D eigenvalue weighted by Crippen LogP contribution is 2.28. The first-order valence-corrected chi connectivity index (χ1v) is 4.93. The summed E-state index contributed by atoms with van der Waals surface area (Å²) in [6.07, 6.45) is 0.687. The molecule has 0 radical (unpaired) electrons. The lowest BCUT2D eigenvalue weighted by Crippen LogP contribution is -2.15. The van der Waals surface area contributed by atoms with E-state index in [2.05, 4.69) is 0 Å². The average Bonchev–Trinajstić information content (AvgIpc) is 2.28. The van der Waals surface area contributed by atoms with E-state index in [1.54, 1.807) is 26.0 Å². The van der Waals surface area contributed by atoms with Gasteiger partial charge in [0.25, 0.3) is 0 Å². The number of rotatable bonds is 4. The van der Waals surface area contributed by atoms with Gasteiger partial charge in [-0.2, -0.15) is 0 Å². The maximum atomic E-state index is 11.4. The SMILES string of the molecule is COc1ccc(C=O)cc1OC(=O)C(C)C. The van der Waals surface area contributed by atoms with Gasteiger partial charge in [-0.25, -0.2) is 0 Å². The van der Waals surface area contributed by atoms with Crippen LogP contribution in [0, 0.1) is 5.92 Å². The molecule has 0 saturated carbocycles. The average molecular weight is 222 g/mol. The number of hydrogen-bond donors (Lipinski definition) is 0. The molecule has 0 heterocycles. The van der Waals surface area contributed by atoms with Gasteiger partial charge in [0.05, 0.1) is 13.0 Å². The van der Waals surface area contributed by atoms with E-state index < -0.39 is 0 Å². The largest absolute Gasteiger partial charge is 0.493 e. The van der Waals surface area contributed by atoms with Crippen molar-refractivity contribution < 1.29 is 19.1 Å². The number of benzene rings is 1. The fourth-order valence-electron chi connectivity index (χ4n) is 1.07. The summed E-state index contributed by atoms with van der Waals surface area (Å²) >= 11 is 0. The van der Waals surface area contributed by atoms with Gasteiger partial charge in [0.1, 0.15) is 6.29 Å². The number of methoxy groups -OCH3 is 1. The van der Waals surface area contributed by atoms with Gasteiger partial charge in [-0.3, -0.25) is 9.59 Å². The molecule has 1 aromatic carbocycles. The molecule has 4 nitrogen and oxygen atoms in total. The van der Waals surface area contributed by atoms with E-state index in [0.29, 0.717) is 17.6 Å². The Balaban J connectivity index is 3.00. The molecule has 1 rings (SSSR count). The molecule has 0 N–H and O–H groups in total. The minimum absolute atomic E-state index is 0.232. The fraction of sp³-hybridized carbons (Fsp3) is 0.333. The highest BCUT2D eigenvalue weighted by atomic mass is 16.6. The Bertz CT molecular complexity index is 396. The Morgan fingerprint density at radius 2 is 2.00 bits per heavy atom. The van der Waals surface area contributed by atoms with Crippen molar-refractivity contribution in [1.29, 1.82) is 0 Å². The van der Waals surface area contributed by atoms with Crippen LogP contribution in [0.25, 0.3) is 0 Å². The predicted molar refractivity (Wildman–Crippen MR) is 58.9 cm³/mol. The number of carbonyl (C=O) groups is 2. The van der Waals surface area contributed by atoms with Crippen LogP contribution in [0.4, 0.5) is 0 Å². The van der Waals surface area contributed by atoms with E-state index in [1.165, 1.54) is 13.2 Å². The van der Waals surface area contributed by atoms with E-state index in [0.717, 1.165) is 0 Å². The molecule has 0 unspecified atom stereocenters. The van der Waals surface area contributed by atoms with Crippen LogP contribution < -0.4 is 9.47 Å². The summed E-state index contributed by atoms with van der Waals surface area (Å²) in [7, 11) is 1.47. The Hall–Kier alpha value is -1.84. The van der Waals surface area contributed by atoms with Crippen LogP contribution in [0.1, 0.15) is 24.2 Å². The molecule has 0 aliphatic heterocycles. The molecule has 0 aliphatic carbocycles. The highest BCUT2D eigenvalue weighted by Gasteiger charge is 2.13. The highest BCUT2D eigenvalue weighted by molar-refractivity contribution is 5.79. The molecule has 0 spiro atoms. The van der Waals surface area contributed by atoms with Gasteiger partial charge in [-0.15, -0.1) is 0 Å². The molecular weight excluding hydrogens is 208 g/mol. The van der Waals surface area contributed by atoms with Crippen molar-refractivity contribution >= 4 is 12.3 Å². The number of esters is 1. The van der Waals surface area contributed by atoms with Crippen molar-refractivity contribution in [2.45, 2.75) is 13.8 Å². The maximum Gasteiger partial charge on any atom is 0.313 e. The van der Waals surface area contributed by atoms with E-state index in [1.807, 2.05) is 0 Å². The van der Waals surface area contributed by atoms with Crippen LogP contribution >= 0.6 is 0 Å². The first kappa shape index (κ1) is 12.2. The van der Waals surface area contributed by atoms with Crippen molar-refractivity contribution in [3.05, 3.63) is 23.8 Å². The summed E-state index contributed by atoms with van der Waals surface area (Å²) in [5, 5.41) is 0. The van der Waals surface area contributed by atoms with Crippen LogP contribution in [-0.4, -0.2) is 19.4 Å². The smallest absolute Gasteiger partial charge is 0.313 e. The Kier molecular flexibility index (Phi) is 4.05. The standard InChI is InChI=1S/C12H14O4/c1-8(2)12(14)16-11-6-9(7-13)4-5-10(11)15-3/h4-8H,1-3H3. The van der Waals surface area contributed by atoms with Crippen molar-refractivity contribution in [2.24, 2.45) is 5.92 Å². The van der Waals surface area contributed by atoms with E-state index in [4.69, 9.17) is 9.47 Å². The molecule has 0 atom stereocenters. The third-order valence-electron chi connectivity index (χ3n) is 2.01. The number of hydrogen-bond acceptors (Lipinski definition) is 4. The Labute approximate surface area is 94.2 Å². The molecule has 0 bridgehead atoms. The van der Waals surface area contributed by atoms with E-state index in [9.17, 15) is 9.59 Å². The summed E-state index contributed by atoms with van der Waals surface area (Å²) in [6, 6.07) is 4.66. The first-order chi connectivity index (χ1) is 7.58. The topological polar surface area (TPSA) is 52.6 Å². The van der Waals surface area contributed by atoms with Gasteiger partial charge < -0.3 is 9.47 Å². The lowest BCUT2D eigenvalue weighted by Gasteiger charge is -2.10. The molecule has 1 aromatic rings. The quantitative estimate of drug-likeness (QED) is 0.444. The molecule has 0 fully saturated rings. The van der Waals surface area contributed by atoms with E-state index in [-0.39, 0.29) is 17.6 Å². The van der Waals surface area contributed by atoms with Crippen LogP contribution in [0.3, 0.4) is 0 Å². The molecule has 0 aromatic heterocycles. The lowest BCUT2D eigenvalue weighted by molar-refractivity contribution is -0.137. The van der Waals surface area contributed by atoms with Crippen LogP contribution in [-0.2, 0) is 4.79 Å². The zero-order valence-corrected chi connectivity index (χ0v) is 9.52. The monoisotopic (exact) mass is 222 g/mol. The molecule has 0 amide bonds. The van der Waals surface area contributed by atoms with Gasteiger partial charge in [0.2, 0.25) is 0 Å². The van der Waals surface area contributed by atoms with Gasteiger partial charge in [-0.1, -0.05) is 13.8 Å². The predicted octanol–water partition coefficient (Wildman–Crippen LogP) is 2.07. The second-order valence-corrected chi connectivity index (χ2v) is 3.60. The second kappa shape index (κ2) is 5.30. The second-order valence-electron chi connectivity index (χ2n) is 3.60. The van der Waals surface area contributed by atoms with Gasteiger partial charge >= 0.3 is 5.97 Å². The van der Waals surface area contributed by atoms with Crippen molar-refractivity contribution in [1.82, 2.24) is 0 Å². The summed E-state index contributed by atoms with van der Waals surface area (Å²) < 4.78 is 10.1. The van der Waals surface area contributed by atoms with Gasteiger partial charge in [-0.05, 0) is 18.2 Å². The maximum absolute atomic E-state index is 11.4. The molecule has 4 heteroatoms. The normalized spacial score (nSPS) is 10.0. The molecule has 16 heavy (non-hydrogen) atoms. The lowest BCUT2D eigenvalue weighted by atomic mass is 10.2. The summed E-state index contributed by atoms with van der Waals surface area (Å²) in [5.74, 6) is 0.108. The number of ether oxygens (including phenoxy) is 2. The Morgan fingerprint density at radius 3 is 2.50 bits per heavy atom. The van der Waals surface area contributed by atoms with Gasteiger partial charge in [0, 0.05) is 5.56 Å². The van der Waals surface area contributed by atoms with Crippen LogP contribution in [0.2, 0.25) is 0 Å². The third-order valence-corrected chi connectivity index (χ3v) is 2.01. The number of aldehydes is 1. The van der Waals surface area contributed by atoms with Crippen LogP contribution in [0.15, 0.2) is 18.2 Å². The number of carbonyl (C=O) groups excluding carboxylic acids is 2. The molecular formula is C12H14O4. The van der Waals surface area contributed by atoms with Crippen molar-refractivity contribution in [2.75, 3.05) is 7.11 Å². The molecule has 0 aliphatic rings. The molecule has 0 saturated heterocycles. The first-order valence-electron chi connectivity index (χ1n) is 4.93. The minimum Gasteiger partial charge on any atom is -0.493 e. The summed E-state index contributed by atoms with van der Waals surface area (Å²) in [5.41, 5.74) is 0.437. The zero-order chi connectivity index (χ0) is 12.1. The fourth-order valence-corrected chi connectivity index (χ4v) is 1.07. The van der Waals surface area contributed by atoms with Crippen molar-refractivity contribution in [3.8, 4) is 11.5 Å². The van der Waals surface area contributed by atoms with Crippen LogP contribution in [0.5, 0.6) is 11.5 Å². The summed E-state index contributed by atoms with van der Waals surface area (Å²) in [4.78, 5) is 22.0. The summed E-state index contributed by atoms with van der Waals surface area (Å²) in [6.45, 7) is 3.47.